The van der Waals surface area contributed by atoms with Gasteiger partial charge in [0.1, 0.15) is 0 Å². The summed E-state index contributed by atoms with van der Waals surface area (Å²) in [5.41, 5.74) is 1.38. The van der Waals surface area contributed by atoms with Crippen molar-refractivity contribution in [1.29, 1.82) is 0 Å². The number of carbonyl (C=O) groups excluding carboxylic acids is 1. The van der Waals surface area contributed by atoms with Crippen molar-refractivity contribution < 1.29 is 14.3 Å². The molecule has 0 atom stereocenters. The Morgan fingerprint density at radius 3 is 2.74 bits per heavy atom. The second-order valence-corrected chi connectivity index (χ2v) is 5.58. The first kappa shape index (κ1) is 13.8. The number of nitrogens with one attached hydrogen (secondary N) is 2. The summed E-state index contributed by atoms with van der Waals surface area (Å²) in [7, 11) is 0. The Labute approximate surface area is 133 Å². The van der Waals surface area contributed by atoms with Crippen molar-refractivity contribution in [3.63, 3.8) is 0 Å². The molecule has 23 heavy (non-hydrogen) atoms. The van der Waals surface area contributed by atoms with Gasteiger partial charge in [0.15, 0.2) is 11.5 Å². The number of ether oxygens (including phenoxy) is 2. The standard InChI is InChI=1S/C16H16N4O3/c21-15(11-7-18-16(19-8-11)20-12-2-3-12)17-6-10-1-4-13-14(5-10)23-9-22-13/h1,4-5,7-8,12H,2-3,6,9H2,(H,17,21)(H,18,19,20). The molecule has 0 unspecified atom stereocenters. The molecule has 1 amide bonds. The zero-order chi connectivity index (χ0) is 15.6. The molecule has 2 aromatic rings. The summed E-state index contributed by atoms with van der Waals surface area (Å²) in [6, 6.07) is 6.08. The van der Waals surface area contributed by atoms with Gasteiger partial charge in [-0.1, -0.05) is 6.07 Å². The highest BCUT2D eigenvalue weighted by molar-refractivity contribution is 5.93. The third kappa shape index (κ3) is 3.18. The lowest BCUT2D eigenvalue weighted by Gasteiger charge is -2.07. The van der Waals surface area contributed by atoms with Crippen LogP contribution >= 0.6 is 0 Å². The Hall–Kier alpha value is -2.83. The topological polar surface area (TPSA) is 85.4 Å². The SMILES string of the molecule is O=C(NCc1ccc2c(c1)OCO2)c1cnc(NC2CC2)nc1. The van der Waals surface area contributed by atoms with Gasteiger partial charge >= 0.3 is 0 Å². The largest absolute Gasteiger partial charge is 0.454 e. The predicted molar refractivity (Wildman–Crippen MR) is 82.4 cm³/mol. The van der Waals surface area contributed by atoms with Crippen LogP contribution in [0.2, 0.25) is 0 Å². The summed E-state index contributed by atoms with van der Waals surface area (Å²) in [6.45, 7) is 0.640. The van der Waals surface area contributed by atoms with E-state index in [0.717, 1.165) is 24.2 Å². The van der Waals surface area contributed by atoms with Crippen LogP contribution in [0.4, 0.5) is 5.95 Å². The van der Waals surface area contributed by atoms with Crippen molar-refractivity contribution in [3.05, 3.63) is 41.7 Å². The summed E-state index contributed by atoms with van der Waals surface area (Å²) < 4.78 is 10.6. The summed E-state index contributed by atoms with van der Waals surface area (Å²) in [6.07, 6.45) is 5.38. The monoisotopic (exact) mass is 312 g/mol. The van der Waals surface area contributed by atoms with Crippen molar-refractivity contribution in [2.24, 2.45) is 0 Å². The fraction of sp³-hybridized carbons (Fsp3) is 0.312. The first-order valence-corrected chi connectivity index (χ1v) is 7.53. The van der Waals surface area contributed by atoms with Crippen LogP contribution < -0.4 is 20.1 Å². The number of hydrogen-bond donors (Lipinski definition) is 2. The second kappa shape index (κ2) is 5.75. The van der Waals surface area contributed by atoms with Crippen molar-refractivity contribution >= 4 is 11.9 Å². The van der Waals surface area contributed by atoms with Gasteiger partial charge in [-0.3, -0.25) is 4.79 Å². The average Bonchev–Trinajstić information content (AvgIpc) is 3.27. The van der Waals surface area contributed by atoms with Gasteiger partial charge in [-0.2, -0.15) is 0 Å². The fourth-order valence-corrected chi connectivity index (χ4v) is 2.27. The molecule has 0 radical (unpaired) electrons. The molecule has 0 spiro atoms. The van der Waals surface area contributed by atoms with Crippen LogP contribution in [0.5, 0.6) is 11.5 Å². The smallest absolute Gasteiger partial charge is 0.254 e. The summed E-state index contributed by atoms with van der Waals surface area (Å²) in [5, 5.41) is 6.03. The molecule has 2 N–H and O–H groups in total. The average molecular weight is 312 g/mol. The summed E-state index contributed by atoms with van der Waals surface area (Å²) in [5.74, 6) is 1.79. The van der Waals surface area contributed by atoms with Crippen LogP contribution in [0, 0.1) is 0 Å². The Morgan fingerprint density at radius 2 is 1.96 bits per heavy atom. The number of rotatable bonds is 5. The number of nitrogens with zero attached hydrogens (tertiary/aromatic N) is 2. The maximum Gasteiger partial charge on any atom is 0.254 e. The Balaban J connectivity index is 1.35. The third-order valence-corrected chi connectivity index (χ3v) is 3.71. The third-order valence-electron chi connectivity index (χ3n) is 3.71. The minimum Gasteiger partial charge on any atom is -0.454 e. The van der Waals surface area contributed by atoms with Gasteiger partial charge in [-0.25, -0.2) is 9.97 Å². The van der Waals surface area contributed by atoms with E-state index >= 15 is 0 Å². The molecule has 0 saturated heterocycles. The van der Waals surface area contributed by atoms with E-state index in [0.29, 0.717) is 29.8 Å². The Bertz CT molecular complexity index is 729. The maximum atomic E-state index is 12.1. The number of carbonyl (C=O) groups is 1. The van der Waals surface area contributed by atoms with E-state index in [1.54, 1.807) is 0 Å². The lowest BCUT2D eigenvalue weighted by Crippen LogP contribution is -2.23. The van der Waals surface area contributed by atoms with Crippen molar-refractivity contribution in [2.45, 2.75) is 25.4 Å². The van der Waals surface area contributed by atoms with Crippen LogP contribution in [0.25, 0.3) is 0 Å². The number of benzene rings is 1. The van der Waals surface area contributed by atoms with Crippen molar-refractivity contribution in [3.8, 4) is 11.5 Å². The minimum absolute atomic E-state index is 0.208. The van der Waals surface area contributed by atoms with Gasteiger partial charge < -0.3 is 20.1 Å². The molecule has 2 aliphatic rings. The molecule has 4 rings (SSSR count). The molecule has 7 heteroatoms. The Kier molecular flexibility index (Phi) is 3.45. The molecule has 0 bridgehead atoms. The summed E-state index contributed by atoms with van der Waals surface area (Å²) >= 11 is 0. The normalized spacial score (nSPS) is 15.3. The number of aromatic nitrogens is 2. The van der Waals surface area contributed by atoms with E-state index < -0.39 is 0 Å². The molecule has 1 aliphatic heterocycles. The van der Waals surface area contributed by atoms with Gasteiger partial charge in [0.25, 0.3) is 5.91 Å². The predicted octanol–water partition coefficient (Wildman–Crippen LogP) is 1.71. The van der Waals surface area contributed by atoms with E-state index in [1.807, 2.05) is 18.2 Å². The molecule has 1 saturated carbocycles. The van der Waals surface area contributed by atoms with Gasteiger partial charge in [0, 0.05) is 25.0 Å². The van der Waals surface area contributed by atoms with Crippen LogP contribution in [-0.4, -0.2) is 28.7 Å². The highest BCUT2D eigenvalue weighted by Gasteiger charge is 2.21. The zero-order valence-corrected chi connectivity index (χ0v) is 12.4. The molecule has 2 heterocycles. The number of anilines is 1. The molecule has 7 nitrogen and oxygen atoms in total. The Morgan fingerprint density at radius 1 is 1.17 bits per heavy atom. The second-order valence-electron chi connectivity index (χ2n) is 5.58. The van der Waals surface area contributed by atoms with Gasteiger partial charge in [-0.15, -0.1) is 0 Å². The molecular weight excluding hydrogens is 296 g/mol. The quantitative estimate of drug-likeness (QED) is 0.874. The molecular formula is C16H16N4O3. The fourth-order valence-electron chi connectivity index (χ4n) is 2.27. The minimum atomic E-state index is -0.208. The van der Waals surface area contributed by atoms with Crippen molar-refractivity contribution in [2.75, 3.05) is 12.1 Å². The number of fused-ring (bicyclic) bond motifs is 1. The highest BCUT2D eigenvalue weighted by Crippen LogP contribution is 2.32. The molecule has 118 valence electrons. The lowest BCUT2D eigenvalue weighted by atomic mass is 10.2. The number of amides is 1. The van der Waals surface area contributed by atoms with Gasteiger partial charge in [0.05, 0.1) is 5.56 Å². The zero-order valence-electron chi connectivity index (χ0n) is 12.4. The summed E-state index contributed by atoms with van der Waals surface area (Å²) in [4.78, 5) is 20.5. The van der Waals surface area contributed by atoms with Crippen molar-refractivity contribution in [1.82, 2.24) is 15.3 Å². The van der Waals surface area contributed by atoms with Gasteiger partial charge in [-0.05, 0) is 30.5 Å². The maximum absolute atomic E-state index is 12.1. The van der Waals surface area contributed by atoms with Crippen LogP contribution in [0.3, 0.4) is 0 Å². The van der Waals surface area contributed by atoms with E-state index in [2.05, 4.69) is 20.6 Å². The molecule has 1 aliphatic carbocycles. The first-order chi connectivity index (χ1) is 11.3. The first-order valence-electron chi connectivity index (χ1n) is 7.53. The van der Waals surface area contributed by atoms with E-state index in [-0.39, 0.29) is 12.7 Å². The molecule has 1 fully saturated rings. The van der Waals surface area contributed by atoms with Gasteiger partial charge in [0.2, 0.25) is 12.7 Å². The lowest BCUT2D eigenvalue weighted by molar-refractivity contribution is 0.0950. The molecule has 1 aromatic carbocycles. The number of hydrogen-bond acceptors (Lipinski definition) is 6. The molecule has 1 aromatic heterocycles. The highest BCUT2D eigenvalue weighted by atomic mass is 16.7. The van der Waals surface area contributed by atoms with Crippen LogP contribution in [0.1, 0.15) is 28.8 Å². The van der Waals surface area contributed by atoms with Crippen LogP contribution in [-0.2, 0) is 6.54 Å². The van der Waals surface area contributed by atoms with E-state index in [9.17, 15) is 4.79 Å². The van der Waals surface area contributed by atoms with E-state index in [4.69, 9.17) is 9.47 Å². The van der Waals surface area contributed by atoms with E-state index in [1.165, 1.54) is 12.4 Å². The van der Waals surface area contributed by atoms with Crippen LogP contribution in [0.15, 0.2) is 30.6 Å².